The Bertz CT molecular complexity index is 706. The smallest absolute Gasteiger partial charge is 0.322 e. The van der Waals surface area contributed by atoms with E-state index in [0.717, 1.165) is 12.8 Å². The van der Waals surface area contributed by atoms with Gasteiger partial charge in [-0.05, 0) is 32.1 Å². The number of nitrogens with two attached hydrogens (primary N) is 1. The fraction of sp³-hybridized carbons (Fsp3) is 0.560. The normalized spacial score (nSPS) is 14.8. The summed E-state index contributed by atoms with van der Waals surface area (Å²) in [4.78, 5) is 33.2. The lowest BCUT2D eigenvalue weighted by atomic mass is 10.1. The van der Waals surface area contributed by atoms with Crippen LogP contribution in [-0.2, 0) is 14.4 Å². The molecule has 0 heterocycles. The number of carboxylic acids is 2. The van der Waals surface area contributed by atoms with Gasteiger partial charge < -0.3 is 26.4 Å². The third kappa shape index (κ3) is 19.1. The highest BCUT2D eigenvalue weighted by Gasteiger charge is 2.21. The van der Waals surface area contributed by atoms with Gasteiger partial charge >= 0.3 is 11.9 Å². The molecule has 0 aromatic heterocycles. The van der Waals surface area contributed by atoms with Crippen LogP contribution < -0.4 is 11.1 Å². The summed E-state index contributed by atoms with van der Waals surface area (Å²) in [5.74, 6) is -2.49. The maximum atomic E-state index is 11.9. The standard InChI is InChI=1S/C25H40N2O6S/c1-2-3-4-5-6-7-8-9-10-11-12-13-16-22(21(28)15-14-17-23(29)30)34-19-20(26)25(33)27-18-24(31)32/h6-7,9-13,16,20-22,28H,2-5,8,14-15,17-19,26H2,1H3,(H,27,33)(H,29,30)(H,31,32)/b7-6+,10-9+,12-11+,16-13+/t20?,21-,22+/m0/s1. The molecule has 0 aliphatic rings. The highest BCUT2D eigenvalue weighted by molar-refractivity contribution is 8.00. The van der Waals surface area contributed by atoms with Crippen LogP contribution in [0.1, 0.15) is 58.3 Å². The quantitative estimate of drug-likeness (QED) is 0.0977. The lowest BCUT2D eigenvalue weighted by molar-refractivity contribution is -0.138. The van der Waals surface area contributed by atoms with E-state index >= 15 is 0 Å². The fourth-order valence-electron chi connectivity index (χ4n) is 2.77. The molecule has 34 heavy (non-hydrogen) atoms. The predicted molar refractivity (Wildman–Crippen MR) is 138 cm³/mol. The van der Waals surface area contributed by atoms with Crippen molar-refractivity contribution in [2.75, 3.05) is 12.3 Å². The Balaban J connectivity index is 4.70. The van der Waals surface area contributed by atoms with E-state index in [1.54, 1.807) is 12.2 Å². The molecule has 8 nitrogen and oxygen atoms in total. The Morgan fingerprint density at radius 3 is 2.38 bits per heavy atom. The van der Waals surface area contributed by atoms with Crippen molar-refractivity contribution in [3.05, 3.63) is 48.6 Å². The summed E-state index contributed by atoms with van der Waals surface area (Å²) in [7, 11) is 0. The van der Waals surface area contributed by atoms with Gasteiger partial charge in [-0.25, -0.2) is 0 Å². The van der Waals surface area contributed by atoms with E-state index in [-0.39, 0.29) is 12.2 Å². The molecule has 1 amide bonds. The van der Waals surface area contributed by atoms with Crippen LogP contribution >= 0.6 is 11.8 Å². The van der Waals surface area contributed by atoms with Crippen LogP contribution in [0.2, 0.25) is 0 Å². The number of aliphatic hydroxyl groups excluding tert-OH is 1. The van der Waals surface area contributed by atoms with Crippen molar-refractivity contribution >= 4 is 29.6 Å². The van der Waals surface area contributed by atoms with Crippen molar-refractivity contribution in [2.45, 2.75) is 75.7 Å². The molecule has 9 heteroatoms. The zero-order valence-corrected chi connectivity index (χ0v) is 20.8. The van der Waals surface area contributed by atoms with Crippen molar-refractivity contribution < 1.29 is 29.7 Å². The second kappa shape index (κ2) is 21.2. The number of hydrogen-bond donors (Lipinski definition) is 5. The number of carbonyl (C=O) groups is 3. The van der Waals surface area contributed by atoms with Crippen LogP contribution in [0.15, 0.2) is 48.6 Å². The van der Waals surface area contributed by atoms with E-state index in [1.807, 2.05) is 24.3 Å². The van der Waals surface area contributed by atoms with E-state index in [2.05, 4.69) is 24.4 Å². The van der Waals surface area contributed by atoms with Crippen molar-refractivity contribution in [3.8, 4) is 0 Å². The summed E-state index contributed by atoms with van der Waals surface area (Å²) in [6, 6.07) is -0.931. The molecule has 0 fully saturated rings. The Labute approximate surface area is 207 Å². The van der Waals surface area contributed by atoms with Gasteiger partial charge in [0.05, 0.1) is 12.1 Å². The maximum Gasteiger partial charge on any atom is 0.322 e. The summed E-state index contributed by atoms with van der Waals surface area (Å²) >= 11 is 1.26. The molecule has 0 radical (unpaired) electrons. The second-order valence-corrected chi connectivity index (χ2v) is 8.98. The van der Waals surface area contributed by atoms with Gasteiger partial charge in [0, 0.05) is 17.4 Å². The summed E-state index contributed by atoms with van der Waals surface area (Å²) in [6.45, 7) is 1.68. The van der Waals surface area contributed by atoms with Crippen LogP contribution in [0, 0.1) is 0 Å². The Hall–Kier alpha value is -2.36. The van der Waals surface area contributed by atoms with Gasteiger partial charge in [-0.1, -0.05) is 68.4 Å². The first-order chi connectivity index (χ1) is 16.3. The third-order valence-corrected chi connectivity index (χ3v) is 6.08. The predicted octanol–water partition coefficient (Wildman–Crippen LogP) is 3.43. The number of carbonyl (C=O) groups excluding carboxylic acids is 1. The molecule has 3 atom stereocenters. The molecule has 192 valence electrons. The molecular formula is C25H40N2O6S. The van der Waals surface area contributed by atoms with Crippen molar-refractivity contribution in [2.24, 2.45) is 5.73 Å². The molecule has 0 aromatic carbocycles. The molecule has 0 bridgehead atoms. The number of aliphatic carboxylic acids is 2. The molecule has 0 spiro atoms. The van der Waals surface area contributed by atoms with Crippen LogP contribution in [0.3, 0.4) is 0 Å². The van der Waals surface area contributed by atoms with Crippen molar-refractivity contribution in [1.29, 1.82) is 0 Å². The fourth-order valence-corrected chi connectivity index (χ4v) is 3.91. The van der Waals surface area contributed by atoms with Gasteiger partial charge in [0.25, 0.3) is 0 Å². The van der Waals surface area contributed by atoms with Crippen molar-refractivity contribution in [1.82, 2.24) is 5.32 Å². The lowest BCUT2D eigenvalue weighted by Crippen LogP contribution is -2.44. The van der Waals surface area contributed by atoms with E-state index in [9.17, 15) is 19.5 Å². The molecular weight excluding hydrogens is 456 g/mol. The van der Waals surface area contributed by atoms with Crippen molar-refractivity contribution in [3.63, 3.8) is 0 Å². The monoisotopic (exact) mass is 496 g/mol. The van der Waals surface area contributed by atoms with Crippen LogP contribution in [-0.4, -0.2) is 62.9 Å². The zero-order valence-electron chi connectivity index (χ0n) is 20.0. The minimum atomic E-state index is -1.16. The summed E-state index contributed by atoms with van der Waals surface area (Å²) in [5.41, 5.74) is 5.82. The third-order valence-electron chi connectivity index (χ3n) is 4.67. The molecule has 0 aromatic rings. The minimum absolute atomic E-state index is 0.0347. The first kappa shape index (κ1) is 31.6. The Morgan fingerprint density at radius 1 is 0.971 bits per heavy atom. The summed E-state index contributed by atoms with van der Waals surface area (Å²) in [6.07, 6.45) is 21.1. The number of amides is 1. The van der Waals surface area contributed by atoms with E-state index in [1.165, 1.54) is 31.0 Å². The minimum Gasteiger partial charge on any atom is -0.481 e. The number of thioether (sulfide) groups is 1. The Kier molecular flexibility index (Phi) is 19.7. The molecule has 1 unspecified atom stereocenters. The largest absolute Gasteiger partial charge is 0.481 e. The first-order valence-electron chi connectivity index (χ1n) is 11.7. The lowest BCUT2D eigenvalue weighted by Gasteiger charge is -2.21. The molecule has 0 saturated heterocycles. The van der Waals surface area contributed by atoms with Crippen LogP contribution in [0.5, 0.6) is 0 Å². The summed E-state index contributed by atoms with van der Waals surface area (Å²) < 4.78 is 0. The molecule has 0 rings (SSSR count). The van der Waals surface area contributed by atoms with Gasteiger partial charge in [-0.2, -0.15) is 0 Å². The SMILES string of the molecule is CCCCC/C=C/C/C=C/C=C/C=C/[C@@H](SCC(N)C(=O)NCC(=O)O)[C@@H](O)CCCC(=O)O. The van der Waals surface area contributed by atoms with Crippen LogP contribution in [0.25, 0.3) is 0 Å². The van der Waals surface area contributed by atoms with E-state index in [0.29, 0.717) is 12.8 Å². The van der Waals surface area contributed by atoms with Gasteiger partial charge in [-0.3, -0.25) is 14.4 Å². The highest BCUT2D eigenvalue weighted by Crippen LogP contribution is 2.21. The van der Waals surface area contributed by atoms with Crippen LogP contribution in [0.4, 0.5) is 0 Å². The van der Waals surface area contributed by atoms with E-state index in [4.69, 9.17) is 15.9 Å². The van der Waals surface area contributed by atoms with Gasteiger partial charge in [0.1, 0.15) is 6.54 Å². The summed E-state index contributed by atoms with van der Waals surface area (Å²) in [5, 5.41) is 29.8. The number of allylic oxidation sites excluding steroid dienone is 7. The number of aliphatic hydroxyl groups is 1. The average Bonchev–Trinajstić information content (AvgIpc) is 2.79. The molecule has 0 saturated carbocycles. The average molecular weight is 497 g/mol. The van der Waals surface area contributed by atoms with Gasteiger partial charge in [0.15, 0.2) is 0 Å². The molecule has 6 N–H and O–H groups in total. The first-order valence-corrected chi connectivity index (χ1v) is 12.7. The zero-order chi connectivity index (χ0) is 25.6. The number of hydrogen-bond acceptors (Lipinski definition) is 6. The number of nitrogens with one attached hydrogen (secondary N) is 1. The van der Waals surface area contributed by atoms with Gasteiger partial charge in [0.2, 0.25) is 5.91 Å². The highest BCUT2D eigenvalue weighted by atomic mass is 32.2. The second-order valence-electron chi connectivity index (χ2n) is 7.77. The number of carboxylic acid groups (broad SMARTS) is 2. The molecule has 0 aliphatic carbocycles. The maximum absolute atomic E-state index is 11.9. The van der Waals surface area contributed by atoms with Gasteiger partial charge in [-0.15, -0.1) is 11.8 Å². The molecule has 0 aliphatic heterocycles. The topological polar surface area (TPSA) is 150 Å². The Morgan fingerprint density at radius 2 is 1.71 bits per heavy atom. The number of rotatable bonds is 20. The number of unbranched alkanes of at least 4 members (excludes halogenated alkanes) is 3. The van der Waals surface area contributed by atoms with E-state index < -0.39 is 41.8 Å².